The standard InChI is InChI=1S/C4H8NO5P/c1-3-9-11(7,8-2)10-4(5)6/h3H,1H2,2H3,(H2,5,6). The van der Waals surface area contributed by atoms with E-state index in [1.54, 1.807) is 0 Å². The summed E-state index contributed by atoms with van der Waals surface area (Å²) in [5.41, 5.74) is 4.56. The zero-order valence-electron chi connectivity index (χ0n) is 5.85. The monoisotopic (exact) mass is 181 g/mol. The van der Waals surface area contributed by atoms with Crippen molar-refractivity contribution in [1.29, 1.82) is 0 Å². The molecule has 1 unspecified atom stereocenters. The highest BCUT2D eigenvalue weighted by Gasteiger charge is 2.28. The summed E-state index contributed by atoms with van der Waals surface area (Å²) < 4.78 is 23.5. The van der Waals surface area contributed by atoms with Gasteiger partial charge in [-0.05, 0) is 0 Å². The number of phosphoric ester groups is 1. The number of hydrogen-bond donors (Lipinski definition) is 1. The Hall–Kier alpha value is -1.00. The van der Waals surface area contributed by atoms with Crippen LogP contribution >= 0.6 is 7.82 Å². The maximum atomic E-state index is 11.0. The van der Waals surface area contributed by atoms with Crippen molar-refractivity contribution in [3.63, 3.8) is 0 Å². The van der Waals surface area contributed by atoms with Crippen LogP contribution in [0.5, 0.6) is 0 Å². The van der Waals surface area contributed by atoms with E-state index in [4.69, 9.17) is 0 Å². The molecular formula is C4H8NO5P. The second-order valence-corrected chi connectivity index (χ2v) is 2.97. The normalized spacial score (nSPS) is 14.6. The average molecular weight is 181 g/mol. The van der Waals surface area contributed by atoms with Gasteiger partial charge in [-0.2, -0.15) is 0 Å². The van der Waals surface area contributed by atoms with E-state index in [-0.39, 0.29) is 0 Å². The number of primary amides is 1. The summed E-state index contributed by atoms with van der Waals surface area (Å²) in [6, 6.07) is 0. The fraction of sp³-hybridized carbons (Fsp3) is 0.250. The maximum Gasteiger partial charge on any atom is 0.590 e. The van der Waals surface area contributed by atoms with Crippen molar-refractivity contribution in [2.45, 2.75) is 0 Å². The predicted molar refractivity (Wildman–Crippen MR) is 36.6 cm³/mol. The molecular weight excluding hydrogens is 173 g/mol. The molecule has 64 valence electrons. The lowest BCUT2D eigenvalue weighted by Crippen LogP contribution is -2.12. The van der Waals surface area contributed by atoms with Crippen LogP contribution in [0.15, 0.2) is 12.8 Å². The molecule has 2 N–H and O–H groups in total. The van der Waals surface area contributed by atoms with Crippen molar-refractivity contribution < 1.29 is 22.9 Å². The van der Waals surface area contributed by atoms with Crippen LogP contribution in [0.2, 0.25) is 0 Å². The molecule has 0 aliphatic rings. The lowest BCUT2D eigenvalue weighted by Gasteiger charge is -2.10. The highest BCUT2D eigenvalue weighted by atomic mass is 31.2. The highest BCUT2D eigenvalue weighted by Crippen LogP contribution is 2.48. The predicted octanol–water partition coefficient (Wildman–Crippen LogP) is 0.996. The third kappa shape index (κ3) is 3.64. The van der Waals surface area contributed by atoms with Crippen LogP contribution in [0.1, 0.15) is 0 Å². The van der Waals surface area contributed by atoms with Crippen LogP contribution in [-0.2, 0) is 18.1 Å². The molecule has 0 heterocycles. The number of carbonyl (C=O) groups is 1. The zero-order valence-corrected chi connectivity index (χ0v) is 6.74. The molecule has 0 aromatic rings. The van der Waals surface area contributed by atoms with Crippen LogP contribution in [0.3, 0.4) is 0 Å². The molecule has 6 nitrogen and oxygen atoms in total. The van der Waals surface area contributed by atoms with Gasteiger partial charge in [0.25, 0.3) is 0 Å². The molecule has 0 aliphatic carbocycles. The van der Waals surface area contributed by atoms with Crippen LogP contribution in [0.4, 0.5) is 4.79 Å². The summed E-state index contributed by atoms with van der Waals surface area (Å²) in [6.07, 6.45) is -0.412. The first-order valence-electron chi connectivity index (χ1n) is 2.48. The summed E-state index contributed by atoms with van der Waals surface area (Å²) in [5, 5.41) is 0. The van der Waals surface area contributed by atoms with Crippen LogP contribution in [-0.4, -0.2) is 13.2 Å². The molecule has 0 radical (unpaired) electrons. The quantitative estimate of drug-likeness (QED) is 0.516. The van der Waals surface area contributed by atoms with Crippen LogP contribution < -0.4 is 5.73 Å². The molecule has 0 saturated carbocycles. The first-order chi connectivity index (χ1) is 5.04. The molecule has 7 heteroatoms. The van der Waals surface area contributed by atoms with Gasteiger partial charge in [0.15, 0.2) is 0 Å². The van der Waals surface area contributed by atoms with E-state index in [0.717, 1.165) is 13.4 Å². The third-order valence-electron chi connectivity index (χ3n) is 0.629. The Morgan fingerprint density at radius 3 is 2.55 bits per heavy atom. The summed E-state index contributed by atoms with van der Waals surface area (Å²) in [6.45, 7) is 3.09. The summed E-state index contributed by atoms with van der Waals surface area (Å²) in [7, 11) is -2.80. The van der Waals surface area contributed by atoms with Crippen LogP contribution in [0.25, 0.3) is 0 Å². The maximum absolute atomic E-state index is 11.0. The number of rotatable bonds is 4. The van der Waals surface area contributed by atoms with E-state index in [1.165, 1.54) is 0 Å². The summed E-state index contributed by atoms with van der Waals surface area (Å²) in [5.74, 6) is 0. The first kappa shape index (κ1) is 10.0. The van der Waals surface area contributed by atoms with Crippen molar-refractivity contribution in [3.05, 3.63) is 12.8 Å². The molecule has 0 fully saturated rings. The van der Waals surface area contributed by atoms with Gasteiger partial charge in [-0.25, -0.2) is 9.36 Å². The number of hydrogen-bond acceptors (Lipinski definition) is 5. The minimum Gasteiger partial charge on any atom is -0.404 e. The lowest BCUT2D eigenvalue weighted by atomic mass is 11.2. The Labute approximate surface area is 63.5 Å². The highest BCUT2D eigenvalue weighted by molar-refractivity contribution is 7.49. The molecule has 0 aliphatic heterocycles. The van der Waals surface area contributed by atoms with Gasteiger partial charge < -0.3 is 14.8 Å². The van der Waals surface area contributed by atoms with Gasteiger partial charge in [0, 0.05) is 7.11 Å². The summed E-state index contributed by atoms with van der Waals surface area (Å²) >= 11 is 0. The van der Waals surface area contributed by atoms with Gasteiger partial charge in [0.1, 0.15) is 0 Å². The van der Waals surface area contributed by atoms with E-state index in [0.29, 0.717) is 0 Å². The SMILES string of the molecule is C=COP(=O)(OC)OC(N)=O. The van der Waals surface area contributed by atoms with Crippen molar-refractivity contribution >= 4 is 13.9 Å². The second-order valence-electron chi connectivity index (χ2n) is 1.31. The number of phosphoric acid groups is 1. The number of amides is 1. The smallest absolute Gasteiger partial charge is 0.404 e. The third-order valence-corrected chi connectivity index (χ3v) is 1.89. The van der Waals surface area contributed by atoms with Gasteiger partial charge in [0.05, 0.1) is 6.26 Å². The topological polar surface area (TPSA) is 87.8 Å². The fourth-order valence-electron chi connectivity index (χ4n) is 0.303. The molecule has 0 aromatic carbocycles. The number of carbonyl (C=O) groups excluding carboxylic acids is 1. The van der Waals surface area contributed by atoms with Gasteiger partial charge in [-0.15, -0.1) is 0 Å². The number of nitrogens with two attached hydrogens (primary N) is 1. The van der Waals surface area contributed by atoms with Crippen molar-refractivity contribution in [2.24, 2.45) is 5.73 Å². The Bertz CT molecular complexity index is 203. The zero-order chi connectivity index (χ0) is 8.91. The molecule has 1 amide bonds. The average Bonchev–Trinajstić information content (AvgIpc) is 1.87. The van der Waals surface area contributed by atoms with Crippen molar-refractivity contribution in [2.75, 3.05) is 7.11 Å². The van der Waals surface area contributed by atoms with Gasteiger partial charge >= 0.3 is 13.9 Å². The van der Waals surface area contributed by atoms with Gasteiger partial charge in [-0.3, -0.25) is 4.52 Å². The molecule has 11 heavy (non-hydrogen) atoms. The Balaban J connectivity index is 4.21. The minimum atomic E-state index is -3.85. The van der Waals surface area contributed by atoms with Crippen molar-refractivity contribution in [1.82, 2.24) is 0 Å². The van der Waals surface area contributed by atoms with Gasteiger partial charge in [-0.1, -0.05) is 6.58 Å². The molecule has 0 spiro atoms. The fourth-order valence-corrected chi connectivity index (χ4v) is 0.910. The van der Waals surface area contributed by atoms with E-state index >= 15 is 0 Å². The van der Waals surface area contributed by atoms with Crippen molar-refractivity contribution in [3.8, 4) is 0 Å². The van der Waals surface area contributed by atoms with E-state index < -0.39 is 13.9 Å². The summed E-state index contributed by atoms with van der Waals surface area (Å²) in [4.78, 5) is 10.1. The minimum absolute atomic E-state index is 0.827. The Kier molecular flexibility index (Phi) is 3.64. The van der Waals surface area contributed by atoms with Gasteiger partial charge in [0.2, 0.25) is 0 Å². The van der Waals surface area contributed by atoms with E-state index in [2.05, 4.69) is 25.9 Å². The van der Waals surface area contributed by atoms with Crippen LogP contribution in [0, 0.1) is 0 Å². The molecule has 0 bridgehead atoms. The molecule has 0 saturated heterocycles. The first-order valence-corrected chi connectivity index (χ1v) is 3.94. The largest absolute Gasteiger partial charge is 0.590 e. The molecule has 0 rings (SSSR count). The Morgan fingerprint density at radius 1 is 1.73 bits per heavy atom. The van der Waals surface area contributed by atoms with E-state index in [1.807, 2.05) is 0 Å². The van der Waals surface area contributed by atoms with E-state index in [9.17, 15) is 9.36 Å². The molecule has 0 aromatic heterocycles. The Morgan fingerprint density at radius 2 is 2.27 bits per heavy atom. The molecule has 1 atom stereocenters. The lowest BCUT2D eigenvalue weighted by molar-refractivity contribution is 0.170. The second kappa shape index (κ2) is 4.00.